The molecule has 0 fully saturated rings. The number of hydrogen-bond acceptors (Lipinski definition) is 7. The highest BCUT2D eigenvalue weighted by molar-refractivity contribution is 8.03. The molecule has 7 nitrogen and oxygen atoms in total. The van der Waals surface area contributed by atoms with Crippen LogP contribution in [0.15, 0.2) is 80.9 Å². The van der Waals surface area contributed by atoms with E-state index in [1.165, 1.54) is 24.3 Å². The molecular formula is C20H20N2O5S2. The van der Waals surface area contributed by atoms with E-state index in [1.807, 2.05) is 37.3 Å². The van der Waals surface area contributed by atoms with E-state index >= 15 is 0 Å². The molecule has 0 bridgehead atoms. The number of aliphatic hydroxyl groups is 2. The second-order valence-corrected chi connectivity index (χ2v) is 9.20. The molecule has 1 heterocycles. The maximum atomic E-state index is 11.1. The molecule has 4 N–H and O–H groups in total. The Morgan fingerprint density at radius 2 is 1.86 bits per heavy atom. The number of rotatable bonds is 5. The van der Waals surface area contributed by atoms with Gasteiger partial charge < -0.3 is 20.4 Å². The summed E-state index contributed by atoms with van der Waals surface area (Å²) in [5.41, 5.74) is 1.87. The molecule has 0 radical (unpaired) electrons. The van der Waals surface area contributed by atoms with E-state index in [-0.39, 0.29) is 16.4 Å². The van der Waals surface area contributed by atoms with Gasteiger partial charge in [-0.25, -0.2) is 0 Å². The Balaban J connectivity index is 1.53. The molecule has 0 saturated heterocycles. The summed E-state index contributed by atoms with van der Waals surface area (Å²) < 4.78 is 31.3. The Bertz CT molecular complexity index is 1110. The van der Waals surface area contributed by atoms with Crippen LogP contribution in [0.3, 0.4) is 0 Å². The van der Waals surface area contributed by atoms with Crippen LogP contribution in [0, 0.1) is 5.92 Å². The minimum atomic E-state index is -4.27. The lowest BCUT2D eigenvalue weighted by Crippen LogP contribution is -2.39. The average Bonchev–Trinajstić information content (AvgIpc) is 3.07. The van der Waals surface area contributed by atoms with Gasteiger partial charge in [0.25, 0.3) is 10.1 Å². The first-order chi connectivity index (χ1) is 13.8. The molecular weight excluding hydrogens is 412 g/mol. The second-order valence-electron chi connectivity index (χ2n) is 6.71. The van der Waals surface area contributed by atoms with Crippen LogP contribution in [0.5, 0.6) is 0 Å². The van der Waals surface area contributed by atoms with Gasteiger partial charge in [0, 0.05) is 17.1 Å². The SMILES string of the molecule is CCN1C(=CC2C(O)=C(Nc3ccc(S(=O)(=O)O)cc3)C2O)Sc2ccccc21. The number of anilines is 2. The van der Waals surface area contributed by atoms with E-state index in [0.717, 1.165) is 22.2 Å². The van der Waals surface area contributed by atoms with Gasteiger partial charge in [0.05, 0.1) is 27.2 Å². The first-order valence-electron chi connectivity index (χ1n) is 9.01. The molecule has 9 heteroatoms. The Morgan fingerprint density at radius 3 is 2.48 bits per heavy atom. The number of aliphatic hydroxyl groups excluding tert-OH is 2. The van der Waals surface area contributed by atoms with Crippen molar-refractivity contribution in [2.24, 2.45) is 5.92 Å². The summed E-state index contributed by atoms with van der Waals surface area (Å²) in [6.07, 6.45) is 0.951. The molecule has 2 atom stereocenters. The molecule has 0 spiro atoms. The first-order valence-corrected chi connectivity index (χ1v) is 11.3. The first kappa shape index (κ1) is 19.8. The number of para-hydroxylation sites is 1. The van der Waals surface area contributed by atoms with E-state index in [9.17, 15) is 18.6 Å². The van der Waals surface area contributed by atoms with Gasteiger partial charge in [0.1, 0.15) is 11.9 Å². The van der Waals surface area contributed by atoms with E-state index in [4.69, 9.17) is 4.55 Å². The third-order valence-electron chi connectivity index (χ3n) is 4.93. The zero-order valence-electron chi connectivity index (χ0n) is 15.5. The standard InChI is InChI=1S/C20H20N2O5S2/c1-2-22-15-5-3-4-6-16(15)28-17(22)11-14-19(23)18(20(14)24)21-12-7-9-13(10-8-12)29(25,26)27/h3-11,14,19,21,23-24H,2H2,1H3,(H,25,26,27). The predicted octanol–water partition coefficient (Wildman–Crippen LogP) is 3.58. The van der Waals surface area contributed by atoms with E-state index in [2.05, 4.69) is 10.2 Å². The van der Waals surface area contributed by atoms with Gasteiger partial charge in [-0.2, -0.15) is 8.42 Å². The quantitative estimate of drug-likeness (QED) is 0.531. The topological polar surface area (TPSA) is 110 Å². The van der Waals surface area contributed by atoms with Crippen LogP contribution in [-0.4, -0.2) is 35.8 Å². The smallest absolute Gasteiger partial charge is 0.294 e. The molecule has 29 heavy (non-hydrogen) atoms. The molecule has 152 valence electrons. The molecule has 4 rings (SSSR count). The predicted molar refractivity (Wildman–Crippen MR) is 112 cm³/mol. The Labute approximate surface area is 173 Å². The highest BCUT2D eigenvalue weighted by atomic mass is 32.2. The summed E-state index contributed by atoms with van der Waals surface area (Å²) in [5.74, 6) is -0.489. The van der Waals surface area contributed by atoms with Crippen LogP contribution >= 0.6 is 11.8 Å². The van der Waals surface area contributed by atoms with Gasteiger partial charge in [0.15, 0.2) is 0 Å². The highest BCUT2D eigenvalue weighted by Gasteiger charge is 2.40. The van der Waals surface area contributed by atoms with Crippen LogP contribution in [0.1, 0.15) is 6.92 Å². The van der Waals surface area contributed by atoms with E-state index in [1.54, 1.807) is 11.8 Å². The summed E-state index contributed by atoms with van der Waals surface area (Å²) >= 11 is 1.60. The molecule has 1 aliphatic carbocycles. The van der Waals surface area contributed by atoms with Crippen molar-refractivity contribution in [3.05, 3.63) is 71.1 Å². The monoisotopic (exact) mass is 432 g/mol. The normalized spacial score (nSPS) is 22.6. The van der Waals surface area contributed by atoms with Crippen molar-refractivity contribution in [3.8, 4) is 0 Å². The van der Waals surface area contributed by atoms with Crippen molar-refractivity contribution in [2.75, 3.05) is 16.8 Å². The fourth-order valence-electron chi connectivity index (χ4n) is 3.39. The lowest BCUT2D eigenvalue weighted by atomic mass is 9.84. The molecule has 2 unspecified atom stereocenters. The van der Waals surface area contributed by atoms with Gasteiger partial charge in [0.2, 0.25) is 0 Å². The fraction of sp³-hybridized carbons (Fsp3) is 0.200. The summed E-state index contributed by atoms with van der Waals surface area (Å²) in [7, 11) is -4.27. The molecule has 0 saturated carbocycles. The maximum Gasteiger partial charge on any atom is 0.294 e. The number of nitrogens with zero attached hydrogens (tertiary/aromatic N) is 1. The summed E-state index contributed by atoms with van der Waals surface area (Å²) in [6.45, 7) is 2.82. The zero-order chi connectivity index (χ0) is 20.8. The van der Waals surface area contributed by atoms with Crippen molar-refractivity contribution < 1.29 is 23.2 Å². The minimum Gasteiger partial charge on any atom is -0.510 e. The van der Waals surface area contributed by atoms with Crippen molar-refractivity contribution in [3.63, 3.8) is 0 Å². The largest absolute Gasteiger partial charge is 0.510 e. The van der Waals surface area contributed by atoms with Gasteiger partial charge in [-0.15, -0.1) is 0 Å². The number of hydrogen-bond donors (Lipinski definition) is 4. The molecule has 2 aliphatic rings. The molecule has 0 amide bonds. The molecule has 2 aromatic rings. The van der Waals surface area contributed by atoms with Crippen molar-refractivity contribution in [1.82, 2.24) is 0 Å². The van der Waals surface area contributed by atoms with Crippen molar-refractivity contribution in [2.45, 2.75) is 22.8 Å². The summed E-state index contributed by atoms with van der Waals surface area (Å²) in [5, 5.41) is 24.9. The number of nitrogens with one attached hydrogen (secondary N) is 1. The highest BCUT2D eigenvalue weighted by Crippen LogP contribution is 2.47. The van der Waals surface area contributed by atoms with Crippen LogP contribution < -0.4 is 10.2 Å². The number of fused-ring (bicyclic) bond motifs is 1. The zero-order valence-corrected chi connectivity index (χ0v) is 17.1. The Kier molecular flexibility index (Phi) is 5.07. The molecule has 1 aliphatic heterocycles. The summed E-state index contributed by atoms with van der Waals surface area (Å²) in [6, 6.07) is 13.4. The van der Waals surface area contributed by atoms with E-state index in [0.29, 0.717) is 5.69 Å². The van der Waals surface area contributed by atoms with Gasteiger partial charge in [-0.05, 0) is 49.4 Å². The van der Waals surface area contributed by atoms with Gasteiger partial charge in [-0.1, -0.05) is 23.9 Å². The second kappa shape index (κ2) is 7.42. The van der Waals surface area contributed by atoms with Crippen LogP contribution in [0.2, 0.25) is 0 Å². The molecule has 0 aromatic heterocycles. The molecule has 2 aromatic carbocycles. The fourth-order valence-corrected chi connectivity index (χ4v) is 5.08. The third kappa shape index (κ3) is 3.62. The third-order valence-corrected chi connectivity index (χ3v) is 6.93. The van der Waals surface area contributed by atoms with Gasteiger partial charge >= 0.3 is 0 Å². The number of benzene rings is 2. The Hall–Kier alpha value is -2.46. The summed E-state index contributed by atoms with van der Waals surface area (Å²) in [4.78, 5) is 3.05. The average molecular weight is 433 g/mol. The van der Waals surface area contributed by atoms with Crippen LogP contribution in [0.4, 0.5) is 11.4 Å². The van der Waals surface area contributed by atoms with Crippen molar-refractivity contribution in [1.29, 1.82) is 0 Å². The van der Waals surface area contributed by atoms with E-state index < -0.39 is 22.1 Å². The minimum absolute atomic E-state index is 0.0384. The number of thioether (sulfide) groups is 1. The Morgan fingerprint density at radius 1 is 1.17 bits per heavy atom. The maximum absolute atomic E-state index is 11.1. The van der Waals surface area contributed by atoms with Crippen molar-refractivity contribution >= 4 is 33.3 Å². The van der Waals surface area contributed by atoms with Gasteiger partial charge in [-0.3, -0.25) is 4.55 Å². The lowest BCUT2D eigenvalue weighted by Gasteiger charge is -2.34. The lowest BCUT2D eigenvalue weighted by molar-refractivity contribution is 0.110. The van der Waals surface area contributed by atoms with Crippen LogP contribution in [0.25, 0.3) is 0 Å². The van der Waals surface area contributed by atoms with Crippen LogP contribution in [-0.2, 0) is 10.1 Å².